The monoisotopic (exact) mass is 352 g/mol. The van der Waals surface area contributed by atoms with Crippen molar-refractivity contribution >= 4 is 36.5 Å². The Balaban J connectivity index is 2.59. The van der Waals surface area contributed by atoms with E-state index in [0.717, 1.165) is 5.19 Å². The second kappa shape index (κ2) is 6.29. The normalized spacial score (nSPS) is 11.4. The number of nitrogen functional groups attached to an aromatic ring is 1. The number of nitrogens with zero attached hydrogens (tertiary/aromatic N) is 1. The van der Waals surface area contributed by atoms with Gasteiger partial charge in [-0.3, -0.25) is 0 Å². The van der Waals surface area contributed by atoms with Gasteiger partial charge in [-0.05, 0) is 18.2 Å². The van der Waals surface area contributed by atoms with Gasteiger partial charge in [0, 0.05) is 5.56 Å². The molecular formula is C16H18ClFN2O2Si. The van der Waals surface area contributed by atoms with Crippen molar-refractivity contribution in [1.82, 2.24) is 4.98 Å². The molecule has 2 rings (SSSR count). The molecule has 0 saturated carbocycles. The van der Waals surface area contributed by atoms with Crippen LogP contribution in [-0.4, -0.2) is 26.1 Å². The molecule has 4 nitrogen and oxygen atoms in total. The maximum absolute atomic E-state index is 14.5. The quantitative estimate of drug-likeness (QED) is 0.678. The van der Waals surface area contributed by atoms with Crippen LogP contribution in [-0.2, 0) is 4.74 Å². The van der Waals surface area contributed by atoms with E-state index < -0.39 is 19.9 Å². The van der Waals surface area contributed by atoms with Gasteiger partial charge < -0.3 is 10.5 Å². The predicted molar refractivity (Wildman–Crippen MR) is 93.4 cm³/mol. The number of carbonyl (C=O) groups is 1. The molecule has 0 aliphatic heterocycles. The third-order valence-corrected chi connectivity index (χ3v) is 5.92. The van der Waals surface area contributed by atoms with Crippen LogP contribution in [0.1, 0.15) is 10.5 Å². The van der Waals surface area contributed by atoms with Gasteiger partial charge in [0.25, 0.3) is 0 Å². The van der Waals surface area contributed by atoms with Crippen LogP contribution in [0.2, 0.25) is 24.7 Å². The summed E-state index contributed by atoms with van der Waals surface area (Å²) in [6.45, 7) is 6.40. The number of esters is 1. The molecule has 1 aromatic heterocycles. The summed E-state index contributed by atoms with van der Waals surface area (Å²) in [6, 6.07) is 6.50. The summed E-state index contributed by atoms with van der Waals surface area (Å²) in [7, 11) is -0.409. The smallest absolute Gasteiger partial charge is 0.358 e. The van der Waals surface area contributed by atoms with Crippen LogP contribution in [0.3, 0.4) is 0 Å². The van der Waals surface area contributed by atoms with Crippen LogP contribution in [0.25, 0.3) is 11.3 Å². The number of hydrogen-bond acceptors (Lipinski definition) is 4. The molecule has 23 heavy (non-hydrogen) atoms. The zero-order valence-electron chi connectivity index (χ0n) is 13.4. The fraction of sp³-hybridized carbons (Fsp3) is 0.250. The number of methoxy groups -OCH3 is 1. The average molecular weight is 353 g/mol. The summed E-state index contributed by atoms with van der Waals surface area (Å²) in [5, 5.41) is 0.994. The van der Waals surface area contributed by atoms with Crippen molar-refractivity contribution in [2.24, 2.45) is 0 Å². The molecule has 1 aromatic carbocycles. The molecule has 122 valence electrons. The molecule has 0 bridgehead atoms. The van der Waals surface area contributed by atoms with E-state index in [4.69, 9.17) is 17.3 Å². The van der Waals surface area contributed by atoms with Crippen molar-refractivity contribution in [3.63, 3.8) is 0 Å². The Hall–Kier alpha value is -1.92. The first-order valence-electron chi connectivity index (χ1n) is 7.00. The van der Waals surface area contributed by atoms with Gasteiger partial charge in [0.15, 0.2) is 5.69 Å². The number of carbonyl (C=O) groups excluding carboxylic acids is 1. The lowest BCUT2D eigenvalue weighted by molar-refractivity contribution is 0.0594. The summed E-state index contributed by atoms with van der Waals surface area (Å²) in [6.07, 6.45) is 0. The number of hydrogen-bond donors (Lipinski definition) is 1. The van der Waals surface area contributed by atoms with E-state index in [9.17, 15) is 9.18 Å². The van der Waals surface area contributed by atoms with Gasteiger partial charge in [0.05, 0.1) is 31.6 Å². The second-order valence-electron chi connectivity index (χ2n) is 6.20. The Kier molecular flexibility index (Phi) is 4.77. The summed E-state index contributed by atoms with van der Waals surface area (Å²) in [4.78, 5) is 15.8. The Labute approximate surface area is 140 Å². The molecule has 0 fully saturated rings. The van der Waals surface area contributed by atoms with Crippen molar-refractivity contribution in [3.05, 3.63) is 40.8 Å². The maximum Gasteiger partial charge on any atom is 0.358 e. The summed E-state index contributed by atoms with van der Waals surface area (Å²) in [5.74, 6) is -1.13. The molecule has 2 aromatic rings. The summed E-state index contributed by atoms with van der Waals surface area (Å²) >= 11 is 5.97. The van der Waals surface area contributed by atoms with E-state index in [1.807, 2.05) is 6.07 Å². The molecule has 1 heterocycles. The van der Waals surface area contributed by atoms with E-state index in [1.165, 1.54) is 19.2 Å². The molecule has 0 aliphatic rings. The van der Waals surface area contributed by atoms with E-state index in [1.54, 1.807) is 6.07 Å². The fourth-order valence-corrected chi connectivity index (χ4v) is 3.43. The predicted octanol–water partition coefficient (Wildman–Crippen LogP) is 3.46. The number of halogens is 2. The Bertz CT molecular complexity index is 775. The number of aromatic nitrogens is 1. The lowest BCUT2D eigenvalue weighted by Gasteiger charge is -2.17. The minimum atomic E-state index is -1.62. The maximum atomic E-state index is 14.5. The Morgan fingerprint density at radius 3 is 2.48 bits per heavy atom. The minimum absolute atomic E-state index is 0.000253. The van der Waals surface area contributed by atoms with Gasteiger partial charge >= 0.3 is 5.97 Å². The van der Waals surface area contributed by atoms with Crippen LogP contribution in [0.5, 0.6) is 0 Å². The zero-order chi connectivity index (χ0) is 17.4. The first-order chi connectivity index (χ1) is 10.6. The minimum Gasteiger partial charge on any atom is -0.464 e. The van der Waals surface area contributed by atoms with E-state index >= 15 is 0 Å². The molecule has 7 heteroatoms. The number of pyridine rings is 1. The third-order valence-electron chi connectivity index (χ3n) is 3.48. The number of ether oxygens (including phenoxy) is 1. The lowest BCUT2D eigenvalue weighted by Crippen LogP contribution is -2.37. The van der Waals surface area contributed by atoms with Gasteiger partial charge in [0.2, 0.25) is 0 Å². The van der Waals surface area contributed by atoms with Gasteiger partial charge in [-0.1, -0.05) is 42.5 Å². The van der Waals surface area contributed by atoms with Gasteiger partial charge in [0.1, 0.15) is 5.82 Å². The van der Waals surface area contributed by atoms with E-state index in [-0.39, 0.29) is 27.7 Å². The third kappa shape index (κ3) is 3.54. The van der Waals surface area contributed by atoms with Crippen LogP contribution in [0.4, 0.5) is 10.1 Å². The van der Waals surface area contributed by atoms with Gasteiger partial charge in [-0.25, -0.2) is 14.2 Å². The summed E-state index contributed by atoms with van der Waals surface area (Å²) < 4.78 is 19.1. The molecular weight excluding hydrogens is 335 g/mol. The summed E-state index contributed by atoms with van der Waals surface area (Å²) in [5.41, 5.74) is 6.33. The number of anilines is 1. The molecule has 0 spiro atoms. The highest BCUT2D eigenvalue weighted by molar-refractivity contribution is 6.88. The highest BCUT2D eigenvalue weighted by Crippen LogP contribution is 2.29. The topological polar surface area (TPSA) is 65.2 Å². The van der Waals surface area contributed by atoms with E-state index in [2.05, 4.69) is 29.4 Å². The van der Waals surface area contributed by atoms with Crippen LogP contribution < -0.4 is 10.9 Å². The number of benzene rings is 1. The lowest BCUT2D eigenvalue weighted by atomic mass is 10.1. The molecule has 0 aliphatic carbocycles. The average Bonchev–Trinajstić information content (AvgIpc) is 2.48. The van der Waals surface area contributed by atoms with Crippen molar-refractivity contribution in [2.45, 2.75) is 19.6 Å². The van der Waals surface area contributed by atoms with Crippen molar-refractivity contribution in [2.75, 3.05) is 12.8 Å². The number of nitrogens with two attached hydrogens (primary N) is 1. The zero-order valence-corrected chi connectivity index (χ0v) is 15.2. The second-order valence-corrected chi connectivity index (χ2v) is 11.7. The highest BCUT2D eigenvalue weighted by atomic mass is 35.5. The van der Waals surface area contributed by atoms with Crippen molar-refractivity contribution < 1.29 is 13.9 Å². The van der Waals surface area contributed by atoms with Crippen LogP contribution in [0, 0.1) is 5.82 Å². The van der Waals surface area contributed by atoms with Crippen LogP contribution in [0.15, 0.2) is 24.3 Å². The molecule has 0 atom stereocenters. The molecule has 0 unspecified atom stereocenters. The fourth-order valence-electron chi connectivity index (χ4n) is 2.11. The molecule has 0 saturated heterocycles. The van der Waals surface area contributed by atoms with Crippen molar-refractivity contribution in [1.29, 1.82) is 0 Å². The SMILES string of the molecule is COC(=O)c1nc(-c2ccc([Si](C)(C)C)cc2F)cc(N)c1Cl. The standard InChI is InChI=1S/C16H18ClFN2O2Si/c1-22-16(21)15-14(17)12(19)8-13(20-15)10-6-5-9(7-11(10)18)23(2,3)4/h5-8H,1-4H3,(H2,19,20). The Morgan fingerprint density at radius 1 is 1.30 bits per heavy atom. The van der Waals surface area contributed by atoms with Gasteiger partial charge in [-0.2, -0.15) is 0 Å². The molecule has 0 amide bonds. The Morgan fingerprint density at radius 2 is 1.96 bits per heavy atom. The van der Waals surface area contributed by atoms with Gasteiger partial charge in [-0.15, -0.1) is 0 Å². The first kappa shape index (κ1) is 17.4. The highest BCUT2D eigenvalue weighted by Gasteiger charge is 2.21. The van der Waals surface area contributed by atoms with Crippen molar-refractivity contribution in [3.8, 4) is 11.3 Å². The first-order valence-corrected chi connectivity index (χ1v) is 10.9. The molecule has 2 N–H and O–H groups in total. The van der Waals surface area contributed by atoms with E-state index in [0.29, 0.717) is 0 Å². The van der Waals surface area contributed by atoms with Crippen LogP contribution >= 0.6 is 11.6 Å². The largest absolute Gasteiger partial charge is 0.464 e. The molecule has 0 radical (unpaired) electrons. The number of rotatable bonds is 3.